The maximum atomic E-state index is 13.1. The van der Waals surface area contributed by atoms with Crippen molar-refractivity contribution >= 4 is 16.5 Å². The molecule has 0 saturated carbocycles. The summed E-state index contributed by atoms with van der Waals surface area (Å²) in [5.41, 5.74) is 1.05. The van der Waals surface area contributed by atoms with Gasteiger partial charge in [-0.2, -0.15) is 0 Å². The van der Waals surface area contributed by atoms with Crippen LogP contribution in [0.2, 0.25) is 0 Å². The summed E-state index contributed by atoms with van der Waals surface area (Å²) in [5, 5.41) is 19.8. The van der Waals surface area contributed by atoms with E-state index in [1.165, 1.54) is 31.4 Å². The number of hydrogen-bond acceptors (Lipinski definition) is 6. The largest absolute Gasteiger partial charge is 0.346 e. The van der Waals surface area contributed by atoms with E-state index in [1.54, 1.807) is 11.3 Å². The molecule has 4 heterocycles. The number of piperidine rings is 1. The molecule has 2 aliphatic rings. The van der Waals surface area contributed by atoms with E-state index in [1.807, 2.05) is 12.1 Å². The molecule has 2 aromatic heterocycles. The Balaban J connectivity index is 1.30. The van der Waals surface area contributed by atoms with E-state index < -0.39 is 0 Å². The number of rotatable bonds is 4. The predicted molar refractivity (Wildman–Crippen MR) is 111 cm³/mol. The van der Waals surface area contributed by atoms with E-state index in [-0.39, 0.29) is 5.82 Å². The highest BCUT2D eigenvalue weighted by Crippen LogP contribution is 2.32. The Bertz CT molecular complexity index is 966. The topological polar surface area (TPSA) is 59.7 Å². The molecule has 6 nitrogen and oxygen atoms in total. The van der Waals surface area contributed by atoms with Gasteiger partial charge in [-0.3, -0.25) is 0 Å². The van der Waals surface area contributed by atoms with Crippen LogP contribution in [0.15, 0.2) is 24.3 Å². The number of aromatic nitrogens is 5. The molecule has 0 amide bonds. The van der Waals surface area contributed by atoms with Crippen LogP contribution in [0.25, 0.3) is 0 Å². The van der Waals surface area contributed by atoms with Gasteiger partial charge >= 0.3 is 0 Å². The number of fused-ring (bicyclic) bond motifs is 1. The second kappa shape index (κ2) is 8.18. The van der Waals surface area contributed by atoms with Gasteiger partial charge in [0.05, 0.1) is 0 Å². The van der Waals surface area contributed by atoms with Crippen LogP contribution in [0.5, 0.6) is 0 Å². The minimum absolute atomic E-state index is 0.211. The van der Waals surface area contributed by atoms with E-state index in [0.717, 1.165) is 66.2 Å². The maximum absolute atomic E-state index is 13.1. The molecule has 0 N–H and O–H groups in total. The highest BCUT2D eigenvalue weighted by molar-refractivity contribution is 7.15. The first kappa shape index (κ1) is 18.7. The Morgan fingerprint density at radius 1 is 0.966 bits per heavy atom. The molecule has 29 heavy (non-hydrogen) atoms. The number of hydrogen-bond donors (Lipinski definition) is 0. The summed E-state index contributed by atoms with van der Waals surface area (Å²) in [4.78, 5) is 2.35. The van der Waals surface area contributed by atoms with Crippen molar-refractivity contribution in [2.75, 3.05) is 18.0 Å². The van der Waals surface area contributed by atoms with Gasteiger partial charge in [0.25, 0.3) is 0 Å². The summed E-state index contributed by atoms with van der Waals surface area (Å²) in [6, 6.07) is 6.61. The van der Waals surface area contributed by atoms with Gasteiger partial charge in [0.1, 0.15) is 22.5 Å². The first-order chi connectivity index (χ1) is 14.3. The molecule has 2 aliphatic heterocycles. The Morgan fingerprint density at radius 2 is 1.86 bits per heavy atom. The van der Waals surface area contributed by atoms with Crippen molar-refractivity contribution in [2.45, 2.75) is 57.4 Å². The quantitative estimate of drug-likeness (QED) is 0.649. The van der Waals surface area contributed by atoms with E-state index >= 15 is 0 Å². The van der Waals surface area contributed by atoms with Crippen molar-refractivity contribution < 1.29 is 4.39 Å². The second-order valence-corrected chi connectivity index (χ2v) is 9.04. The average Bonchev–Trinajstić information content (AvgIpc) is 3.31. The van der Waals surface area contributed by atoms with Gasteiger partial charge in [-0.25, -0.2) is 4.39 Å². The van der Waals surface area contributed by atoms with Gasteiger partial charge < -0.3 is 9.47 Å². The van der Waals surface area contributed by atoms with Gasteiger partial charge in [0.15, 0.2) is 0 Å². The number of benzene rings is 1. The zero-order valence-electron chi connectivity index (χ0n) is 16.4. The smallest absolute Gasteiger partial charge is 0.208 e. The lowest BCUT2D eigenvalue weighted by Crippen LogP contribution is -2.35. The zero-order chi connectivity index (χ0) is 19.6. The molecule has 0 spiro atoms. The van der Waals surface area contributed by atoms with Gasteiger partial charge in [-0.1, -0.05) is 29.9 Å². The highest BCUT2D eigenvalue weighted by atomic mass is 32.1. The predicted octanol–water partition coefficient (Wildman–Crippen LogP) is 3.97. The molecule has 0 aliphatic carbocycles. The van der Waals surface area contributed by atoms with Crippen LogP contribution in [0.4, 0.5) is 9.52 Å². The van der Waals surface area contributed by atoms with Gasteiger partial charge in [0, 0.05) is 38.4 Å². The van der Waals surface area contributed by atoms with E-state index in [4.69, 9.17) is 0 Å². The first-order valence-corrected chi connectivity index (χ1v) is 11.3. The van der Waals surface area contributed by atoms with Crippen molar-refractivity contribution in [2.24, 2.45) is 0 Å². The molecule has 1 saturated heterocycles. The number of halogens is 1. The minimum atomic E-state index is -0.211. The Labute approximate surface area is 173 Å². The monoisotopic (exact) mass is 412 g/mol. The molecule has 0 bridgehead atoms. The summed E-state index contributed by atoms with van der Waals surface area (Å²) >= 11 is 1.64. The maximum Gasteiger partial charge on any atom is 0.208 e. The molecule has 152 valence electrons. The van der Waals surface area contributed by atoms with Gasteiger partial charge in [-0.05, 0) is 43.4 Å². The number of nitrogens with zero attached hydrogens (tertiary/aromatic N) is 6. The normalized spacial score (nSPS) is 19.8. The van der Waals surface area contributed by atoms with E-state index in [0.29, 0.717) is 12.3 Å². The molecular weight excluding hydrogens is 387 g/mol. The Morgan fingerprint density at radius 3 is 2.76 bits per heavy atom. The fraction of sp³-hybridized carbons (Fsp3) is 0.524. The fourth-order valence-electron chi connectivity index (χ4n) is 4.39. The summed E-state index contributed by atoms with van der Waals surface area (Å²) in [6.45, 7) is 2.97. The standard InChI is InChI=1S/C21H25FN6S/c22-17-9-7-15(8-10-17)13-19-24-26-21(29-19)27-11-4-5-16(14-27)20-25-23-18-6-2-1-3-12-28(18)20/h7-10,16H,1-6,11-14H2. The fourth-order valence-corrected chi connectivity index (χ4v) is 5.30. The van der Waals surface area contributed by atoms with Crippen LogP contribution >= 0.6 is 11.3 Å². The van der Waals surface area contributed by atoms with Crippen molar-refractivity contribution in [3.05, 3.63) is 52.3 Å². The Kier molecular flexibility index (Phi) is 5.26. The summed E-state index contributed by atoms with van der Waals surface area (Å²) < 4.78 is 15.5. The van der Waals surface area contributed by atoms with Crippen LogP contribution in [0.3, 0.4) is 0 Å². The third-order valence-electron chi connectivity index (χ3n) is 5.92. The molecule has 1 unspecified atom stereocenters. The third-order valence-corrected chi connectivity index (χ3v) is 6.90. The van der Waals surface area contributed by atoms with Crippen LogP contribution in [-0.2, 0) is 19.4 Å². The third kappa shape index (κ3) is 4.03. The molecule has 1 atom stereocenters. The summed E-state index contributed by atoms with van der Waals surface area (Å²) in [5.74, 6) is 2.50. The summed E-state index contributed by atoms with van der Waals surface area (Å²) in [7, 11) is 0. The summed E-state index contributed by atoms with van der Waals surface area (Å²) in [6.07, 6.45) is 7.73. The lowest BCUT2D eigenvalue weighted by Gasteiger charge is -2.31. The Hall–Kier alpha value is -2.35. The van der Waals surface area contributed by atoms with Gasteiger partial charge in [0.2, 0.25) is 5.13 Å². The van der Waals surface area contributed by atoms with Crippen LogP contribution in [-0.4, -0.2) is 38.1 Å². The number of aryl methyl sites for hydroxylation is 1. The molecule has 1 aromatic carbocycles. The molecule has 1 fully saturated rings. The van der Waals surface area contributed by atoms with Gasteiger partial charge in [-0.15, -0.1) is 20.4 Å². The molecule has 8 heteroatoms. The molecule has 3 aromatic rings. The lowest BCUT2D eigenvalue weighted by molar-refractivity contribution is 0.465. The minimum Gasteiger partial charge on any atom is -0.346 e. The van der Waals surface area contributed by atoms with Crippen molar-refractivity contribution in [3.63, 3.8) is 0 Å². The lowest BCUT2D eigenvalue weighted by atomic mass is 9.97. The second-order valence-electron chi connectivity index (χ2n) is 8.00. The average molecular weight is 413 g/mol. The molecular formula is C21H25FN6S. The van der Waals surface area contributed by atoms with E-state index in [2.05, 4.69) is 29.9 Å². The molecule has 5 rings (SSSR count). The SMILES string of the molecule is Fc1ccc(Cc2nnc(N3CCCC(c4nnc5n4CCCCC5)C3)s2)cc1. The van der Waals surface area contributed by atoms with Crippen LogP contribution in [0.1, 0.15) is 60.2 Å². The molecule has 0 radical (unpaired) electrons. The van der Waals surface area contributed by atoms with Crippen LogP contribution in [0, 0.1) is 5.82 Å². The first-order valence-electron chi connectivity index (χ1n) is 10.5. The van der Waals surface area contributed by atoms with E-state index in [9.17, 15) is 4.39 Å². The zero-order valence-corrected chi connectivity index (χ0v) is 17.2. The van der Waals surface area contributed by atoms with Crippen molar-refractivity contribution in [1.29, 1.82) is 0 Å². The van der Waals surface area contributed by atoms with Crippen LogP contribution < -0.4 is 4.90 Å². The van der Waals surface area contributed by atoms with Crippen molar-refractivity contribution in [3.8, 4) is 0 Å². The number of anilines is 1. The van der Waals surface area contributed by atoms with Crippen molar-refractivity contribution in [1.82, 2.24) is 25.0 Å². The highest BCUT2D eigenvalue weighted by Gasteiger charge is 2.28.